The predicted molar refractivity (Wildman–Crippen MR) is 99.9 cm³/mol. The summed E-state index contributed by atoms with van der Waals surface area (Å²) in [5, 5.41) is 24.8. The molecule has 7 heteroatoms. The summed E-state index contributed by atoms with van der Waals surface area (Å²) in [7, 11) is -1.10. The molecule has 0 aliphatic heterocycles. The molecule has 0 radical (unpaired) electrons. The number of nitrogens with zero attached hydrogens (tertiary/aromatic N) is 3. The molecule has 2 rings (SSSR count). The van der Waals surface area contributed by atoms with Gasteiger partial charge in [-0.2, -0.15) is 5.10 Å². The standard InChI is InChI=1S/C18H29N3O3Si/c1-18(2,23)16-8-6-7-15(20-16)17(22)14-11-19-21(12-14)13-24-9-10-25(3,4)5/h6-8,11-12,17,22-23H,9-10,13H2,1-5H3. The van der Waals surface area contributed by atoms with Crippen LogP contribution in [0.1, 0.15) is 36.9 Å². The van der Waals surface area contributed by atoms with Crippen LogP contribution in [0.2, 0.25) is 25.7 Å². The highest BCUT2D eigenvalue weighted by Crippen LogP contribution is 2.23. The van der Waals surface area contributed by atoms with E-state index in [1.807, 2.05) is 0 Å². The van der Waals surface area contributed by atoms with Crippen LogP contribution in [-0.4, -0.2) is 39.7 Å². The Morgan fingerprint density at radius 2 is 2.00 bits per heavy atom. The number of pyridine rings is 1. The molecule has 2 aromatic heterocycles. The van der Waals surface area contributed by atoms with Gasteiger partial charge in [0.1, 0.15) is 18.4 Å². The molecular formula is C18H29N3O3Si. The summed E-state index contributed by atoms with van der Waals surface area (Å²) in [6.07, 6.45) is 2.49. The summed E-state index contributed by atoms with van der Waals surface area (Å²) >= 11 is 0. The van der Waals surface area contributed by atoms with Crippen molar-refractivity contribution >= 4 is 8.07 Å². The number of hydrogen-bond acceptors (Lipinski definition) is 5. The molecule has 1 unspecified atom stereocenters. The Hall–Kier alpha value is -1.54. The molecular weight excluding hydrogens is 334 g/mol. The molecule has 0 amide bonds. The average Bonchev–Trinajstić information content (AvgIpc) is 2.98. The molecule has 2 N–H and O–H groups in total. The minimum atomic E-state index is -1.10. The fraction of sp³-hybridized carbons (Fsp3) is 0.556. The minimum absolute atomic E-state index is 0.369. The fourth-order valence-electron chi connectivity index (χ4n) is 2.24. The number of aliphatic hydroxyl groups excluding tert-OH is 1. The second kappa shape index (κ2) is 7.78. The Morgan fingerprint density at radius 3 is 2.64 bits per heavy atom. The van der Waals surface area contributed by atoms with Crippen LogP contribution in [0, 0.1) is 0 Å². The quantitative estimate of drug-likeness (QED) is 0.557. The van der Waals surface area contributed by atoms with E-state index < -0.39 is 19.8 Å². The van der Waals surface area contributed by atoms with Crippen molar-refractivity contribution in [2.45, 2.75) is 58.0 Å². The van der Waals surface area contributed by atoms with Crippen LogP contribution in [-0.2, 0) is 17.1 Å². The SMILES string of the molecule is CC(C)(O)c1cccc(C(O)c2cnn(COCC[Si](C)(C)C)c2)n1. The van der Waals surface area contributed by atoms with E-state index in [1.54, 1.807) is 49.1 Å². The monoisotopic (exact) mass is 363 g/mol. The predicted octanol–water partition coefficient (Wildman–Crippen LogP) is 2.90. The van der Waals surface area contributed by atoms with Crippen LogP contribution < -0.4 is 0 Å². The van der Waals surface area contributed by atoms with E-state index in [9.17, 15) is 10.2 Å². The maximum Gasteiger partial charge on any atom is 0.139 e. The van der Waals surface area contributed by atoms with Crippen LogP contribution in [0.4, 0.5) is 0 Å². The summed E-state index contributed by atoms with van der Waals surface area (Å²) in [5.74, 6) is 0. The van der Waals surface area contributed by atoms with Crippen molar-refractivity contribution in [2.24, 2.45) is 0 Å². The summed E-state index contributed by atoms with van der Waals surface area (Å²) < 4.78 is 7.33. The zero-order chi connectivity index (χ0) is 18.7. The third kappa shape index (κ3) is 6.04. The lowest BCUT2D eigenvalue weighted by Crippen LogP contribution is -2.22. The second-order valence-corrected chi connectivity index (χ2v) is 13.7. The van der Waals surface area contributed by atoms with Crippen LogP contribution in [0.3, 0.4) is 0 Å². The van der Waals surface area contributed by atoms with Crippen molar-refractivity contribution in [1.82, 2.24) is 14.8 Å². The Morgan fingerprint density at radius 1 is 1.28 bits per heavy atom. The van der Waals surface area contributed by atoms with Crippen molar-refractivity contribution in [1.29, 1.82) is 0 Å². The number of hydrogen-bond donors (Lipinski definition) is 2. The Kier molecular flexibility index (Phi) is 6.15. The normalized spacial score (nSPS) is 13.9. The molecule has 2 heterocycles. The lowest BCUT2D eigenvalue weighted by molar-refractivity contribution is 0.0730. The van der Waals surface area contributed by atoms with Gasteiger partial charge in [-0.05, 0) is 32.0 Å². The molecule has 0 aromatic carbocycles. The van der Waals surface area contributed by atoms with Crippen molar-refractivity contribution in [3.63, 3.8) is 0 Å². The van der Waals surface area contributed by atoms with Crippen LogP contribution in [0.5, 0.6) is 0 Å². The molecule has 2 aromatic rings. The molecule has 25 heavy (non-hydrogen) atoms. The molecule has 138 valence electrons. The first-order valence-electron chi connectivity index (χ1n) is 8.54. The second-order valence-electron chi connectivity index (χ2n) is 8.07. The maximum atomic E-state index is 10.5. The van der Waals surface area contributed by atoms with Gasteiger partial charge in [0.15, 0.2) is 0 Å². The number of rotatable bonds is 8. The number of aliphatic hydroxyl groups is 2. The third-order valence-corrected chi connectivity index (χ3v) is 5.57. The topological polar surface area (TPSA) is 80.4 Å². The molecule has 6 nitrogen and oxygen atoms in total. The Labute approximate surface area is 150 Å². The van der Waals surface area contributed by atoms with Gasteiger partial charge in [-0.3, -0.25) is 4.98 Å². The summed E-state index contributed by atoms with van der Waals surface area (Å²) in [5.41, 5.74) is 0.601. The molecule has 1 atom stereocenters. The van der Waals surface area contributed by atoms with Gasteiger partial charge < -0.3 is 14.9 Å². The third-order valence-electron chi connectivity index (χ3n) is 3.87. The van der Waals surface area contributed by atoms with E-state index in [0.29, 0.717) is 23.7 Å². The van der Waals surface area contributed by atoms with E-state index in [2.05, 4.69) is 29.7 Å². The number of ether oxygens (including phenoxy) is 1. The van der Waals surface area contributed by atoms with Gasteiger partial charge in [0, 0.05) is 26.4 Å². The molecule has 0 bridgehead atoms. The van der Waals surface area contributed by atoms with Crippen LogP contribution in [0.15, 0.2) is 30.6 Å². The van der Waals surface area contributed by atoms with Gasteiger partial charge in [0.2, 0.25) is 0 Å². The molecule has 0 fully saturated rings. The van der Waals surface area contributed by atoms with Crippen molar-refractivity contribution in [2.75, 3.05) is 6.61 Å². The zero-order valence-corrected chi connectivity index (χ0v) is 16.7. The van der Waals surface area contributed by atoms with E-state index >= 15 is 0 Å². The van der Waals surface area contributed by atoms with E-state index in [0.717, 1.165) is 12.7 Å². The summed E-state index contributed by atoms with van der Waals surface area (Å²) in [6, 6.07) is 6.37. The van der Waals surface area contributed by atoms with Crippen LogP contribution in [0.25, 0.3) is 0 Å². The molecule has 0 aliphatic rings. The zero-order valence-electron chi connectivity index (χ0n) is 15.7. The summed E-state index contributed by atoms with van der Waals surface area (Å²) in [6.45, 7) is 11.4. The number of aromatic nitrogens is 3. The highest BCUT2D eigenvalue weighted by molar-refractivity contribution is 6.76. The molecule has 0 saturated carbocycles. The van der Waals surface area contributed by atoms with Gasteiger partial charge in [-0.1, -0.05) is 25.7 Å². The van der Waals surface area contributed by atoms with E-state index in [1.165, 1.54) is 0 Å². The highest BCUT2D eigenvalue weighted by atomic mass is 28.3. The van der Waals surface area contributed by atoms with Crippen molar-refractivity contribution in [3.8, 4) is 0 Å². The van der Waals surface area contributed by atoms with Gasteiger partial charge in [-0.25, -0.2) is 4.68 Å². The first kappa shape index (κ1) is 19.8. The molecule has 0 spiro atoms. The van der Waals surface area contributed by atoms with E-state index in [4.69, 9.17) is 4.74 Å². The van der Waals surface area contributed by atoms with Crippen molar-refractivity contribution < 1.29 is 14.9 Å². The average molecular weight is 364 g/mol. The summed E-state index contributed by atoms with van der Waals surface area (Å²) in [4.78, 5) is 4.37. The largest absolute Gasteiger partial charge is 0.384 e. The lowest BCUT2D eigenvalue weighted by atomic mass is 10.0. The van der Waals surface area contributed by atoms with Gasteiger partial charge in [0.05, 0.1) is 17.6 Å². The van der Waals surface area contributed by atoms with Gasteiger partial charge in [-0.15, -0.1) is 0 Å². The smallest absolute Gasteiger partial charge is 0.139 e. The van der Waals surface area contributed by atoms with Gasteiger partial charge in [0.25, 0.3) is 0 Å². The van der Waals surface area contributed by atoms with Crippen molar-refractivity contribution in [3.05, 3.63) is 47.5 Å². The highest BCUT2D eigenvalue weighted by Gasteiger charge is 2.21. The Balaban J connectivity index is 1.99. The fourth-order valence-corrected chi connectivity index (χ4v) is 3.00. The first-order chi connectivity index (χ1) is 11.6. The molecule has 0 aliphatic carbocycles. The molecule has 0 saturated heterocycles. The van der Waals surface area contributed by atoms with Gasteiger partial charge >= 0.3 is 0 Å². The van der Waals surface area contributed by atoms with E-state index in [-0.39, 0.29) is 0 Å². The Bertz CT molecular complexity index is 689. The lowest BCUT2D eigenvalue weighted by Gasteiger charge is -2.18. The minimum Gasteiger partial charge on any atom is -0.384 e. The van der Waals surface area contributed by atoms with Crippen LogP contribution >= 0.6 is 0 Å². The maximum absolute atomic E-state index is 10.5. The first-order valence-corrected chi connectivity index (χ1v) is 12.2.